The van der Waals surface area contributed by atoms with Gasteiger partial charge in [-0.05, 0) is 24.6 Å². The Morgan fingerprint density at radius 2 is 1.71 bits per heavy atom. The van der Waals surface area contributed by atoms with Crippen molar-refractivity contribution in [2.75, 3.05) is 12.3 Å². The molecule has 1 amide bonds. The number of hydrogen-bond donors (Lipinski definition) is 2. The third-order valence-corrected chi connectivity index (χ3v) is 4.07. The van der Waals surface area contributed by atoms with Gasteiger partial charge in [0.2, 0.25) is 0 Å². The van der Waals surface area contributed by atoms with E-state index >= 15 is 0 Å². The van der Waals surface area contributed by atoms with Gasteiger partial charge in [-0.25, -0.2) is 0 Å². The first-order valence-corrected chi connectivity index (χ1v) is 8.77. The zero-order valence-electron chi connectivity index (χ0n) is 13.0. The molecule has 0 saturated carbocycles. The number of amides is 1. The molecule has 0 aliphatic rings. The molecule has 0 fully saturated rings. The van der Waals surface area contributed by atoms with Crippen LogP contribution in [-0.2, 0) is 0 Å². The third-order valence-electron chi connectivity index (χ3n) is 3.58. The Morgan fingerprint density at radius 1 is 1.10 bits per heavy atom. The number of unbranched alkanes of at least 4 members (excludes halogenated alkanes) is 7. The average Bonchev–Trinajstić information content (AvgIpc) is 2.48. The molecule has 0 aliphatic carbocycles. The largest absolute Gasteiger partial charge is 0.398 e. The summed E-state index contributed by atoms with van der Waals surface area (Å²) in [6.45, 7) is 2.96. The van der Waals surface area contributed by atoms with Crippen molar-refractivity contribution in [3.8, 4) is 0 Å². The lowest BCUT2D eigenvalue weighted by molar-refractivity contribution is 0.0953. The summed E-state index contributed by atoms with van der Waals surface area (Å²) in [6.07, 6.45) is 10.1. The number of nitrogens with two attached hydrogens (primary N) is 1. The summed E-state index contributed by atoms with van der Waals surface area (Å²) in [5, 5.41) is 2.94. The quantitative estimate of drug-likeness (QED) is 0.463. The molecule has 0 radical (unpaired) electrons. The van der Waals surface area contributed by atoms with Crippen LogP contribution in [0.5, 0.6) is 0 Å². The number of rotatable bonds is 10. The number of nitrogen functional groups attached to an aromatic ring is 1. The van der Waals surface area contributed by atoms with E-state index in [4.69, 9.17) is 5.73 Å². The zero-order valence-corrected chi connectivity index (χ0v) is 14.5. The summed E-state index contributed by atoms with van der Waals surface area (Å²) in [7, 11) is 0. The number of hydrogen-bond acceptors (Lipinski definition) is 2. The number of halogens is 1. The van der Waals surface area contributed by atoms with Gasteiger partial charge in [-0.3, -0.25) is 4.79 Å². The zero-order chi connectivity index (χ0) is 15.5. The van der Waals surface area contributed by atoms with Crippen LogP contribution in [-0.4, -0.2) is 12.5 Å². The number of anilines is 1. The Balaban J connectivity index is 2.12. The van der Waals surface area contributed by atoms with Crippen LogP contribution in [0.15, 0.2) is 22.7 Å². The van der Waals surface area contributed by atoms with E-state index in [0.29, 0.717) is 11.3 Å². The number of carbonyl (C=O) groups is 1. The predicted octanol–water partition coefficient (Wildman–Crippen LogP) is 4.90. The summed E-state index contributed by atoms with van der Waals surface area (Å²) in [5.74, 6) is -0.0863. The molecule has 1 aromatic carbocycles. The van der Waals surface area contributed by atoms with E-state index in [-0.39, 0.29) is 5.91 Å². The van der Waals surface area contributed by atoms with Crippen LogP contribution in [0.1, 0.15) is 68.6 Å². The molecular formula is C17H27BrN2O. The molecule has 0 spiro atoms. The molecular weight excluding hydrogens is 328 g/mol. The highest BCUT2D eigenvalue weighted by atomic mass is 79.9. The molecule has 0 atom stereocenters. The minimum absolute atomic E-state index is 0.0863. The van der Waals surface area contributed by atoms with Crippen LogP contribution in [0.4, 0.5) is 5.69 Å². The normalized spacial score (nSPS) is 10.6. The average molecular weight is 355 g/mol. The molecule has 3 N–H and O–H groups in total. The van der Waals surface area contributed by atoms with E-state index in [1.807, 2.05) is 6.07 Å². The highest BCUT2D eigenvalue weighted by molar-refractivity contribution is 9.10. The smallest absolute Gasteiger partial charge is 0.253 e. The van der Waals surface area contributed by atoms with Gasteiger partial charge in [0.05, 0.1) is 5.56 Å². The minimum atomic E-state index is -0.0863. The van der Waals surface area contributed by atoms with E-state index in [1.54, 1.807) is 12.1 Å². The monoisotopic (exact) mass is 354 g/mol. The molecule has 0 heterocycles. The van der Waals surface area contributed by atoms with Gasteiger partial charge >= 0.3 is 0 Å². The fourth-order valence-electron chi connectivity index (χ4n) is 2.28. The molecule has 1 aromatic rings. The van der Waals surface area contributed by atoms with Crippen molar-refractivity contribution in [1.82, 2.24) is 5.32 Å². The molecule has 1 rings (SSSR count). The molecule has 0 aromatic heterocycles. The number of carbonyl (C=O) groups excluding carboxylic acids is 1. The second-order valence-electron chi connectivity index (χ2n) is 5.46. The molecule has 0 aliphatic heterocycles. The summed E-state index contributed by atoms with van der Waals surface area (Å²) in [6, 6.07) is 5.35. The Labute approximate surface area is 136 Å². The Bertz CT molecular complexity index is 435. The van der Waals surface area contributed by atoms with E-state index in [2.05, 4.69) is 28.2 Å². The van der Waals surface area contributed by atoms with Gasteiger partial charge in [0, 0.05) is 16.7 Å². The highest BCUT2D eigenvalue weighted by Gasteiger charge is 2.09. The lowest BCUT2D eigenvalue weighted by Gasteiger charge is -2.08. The summed E-state index contributed by atoms with van der Waals surface area (Å²) in [5.41, 5.74) is 6.88. The Hall–Kier alpha value is -1.03. The first kappa shape index (κ1) is 18.0. The third kappa shape index (κ3) is 7.51. The summed E-state index contributed by atoms with van der Waals surface area (Å²) >= 11 is 3.36. The van der Waals surface area contributed by atoms with Crippen molar-refractivity contribution in [2.45, 2.75) is 58.3 Å². The van der Waals surface area contributed by atoms with Gasteiger partial charge in [-0.1, -0.05) is 67.8 Å². The van der Waals surface area contributed by atoms with Crippen LogP contribution in [0.25, 0.3) is 0 Å². The highest BCUT2D eigenvalue weighted by Crippen LogP contribution is 2.18. The van der Waals surface area contributed by atoms with Gasteiger partial charge in [0.15, 0.2) is 0 Å². The van der Waals surface area contributed by atoms with E-state index in [1.165, 1.54) is 44.9 Å². The summed E-state index contributed by atoms with van der Waals surface area (Å²) in [4.78, 5) is 12.0. The van der Waals surface area contributed by atoms with Crippen LogP contribution in [0.2, 0.25) is 0 Å². The Morgan fingerprint density at radius 3 is 2.38 bits per heavy atom. The maximum Gasteiger partial charge on any atom is 0.253 e. The first-order valence-electron chi connectivity index (χ1n) is 7.98. The topological polar surface area (TPSA) is 55.1 Å². The van der Waals surface area contributed by atoms with Crippen molar-refractivity contribution in [3.63, 3.8) is 0 Å². The maximum absolute atomic E-state index is 12.0. The molecule has 118 valence electrons. The van der Waals surface area contributed by atoms with Crippen molar-refractivity contribution in [2.24, 2.45) is 0 Å². The SMILES string of the molecule is CCCCCCCCCCNC(=O)c1cc(Br)ccc1N. The lowest BCUT2D eigenvalue weighted by Crippen LogP contribution is -2.25. The minimum Gasteiger partial charge on any atom is -0.398 e. The van der Waals surface area contributed by atoms with Crippen molar-refractivity contribution in [3.05, 3.63) is 28.2 Å². The predicted molar refractivity (Wildman–Crippen MR) is 93.5 cm³/mol. The van der Waals surface area contributed by atoms with Crippen LogP contribution in [0, 0.1) is 0 Å². The van der Waals surface area contributed by atoms with Gasteiger partial charge < -0.3 is 11.1 Å². The molecule has 4 heteroatoms. The number of nitrogens with one attached hydrogen (secondary N) is 1. The fourth-order valence-corrected chi connectivity index (χ4v) is 2.64. The van der Waals surface area contributed by atoms with E-state index in [9.17, 15) is 4.79 Å². The molecule has 3 nitrogen and oxygen atoms in total. The summed E-state index contributed by atoms with van der Waals surface area (Å²) < 4.78 is 0.869. The maximum atomic E-state index is 12.0. The molecule has 0 unspecified atom stereocenters. The fraction of sp³-hybridized carbons (Fsp3) is 0.588. The van der Waals surface area contributed by atoms with E-state index in [0.717, 1.165) is 17.4 Å². The van der Waals surface area contributed by atoms with Gasteiger partial charge in [0.25, 0.3) is 5.91 Å². The van der Waals surface area contributed by atoms with Crippen molar-refractivity contribution >= 4 is 27.5 Å². The van der Waals surface area contributed by atoms with Crippen LogP contribution < -0.4 is 11.1 Å². The van der Waals surface area contributed by atoms with Gasteiger partial charge in [0.1, 0.15) is 0 Å². The Kier molecular flexibility index (Phi) is 9.15. The first-order chi connectivity index (χ1) is 10.1. The van der Waals surface area contributed by atoms with Gasteiger partial charge in [-0.15, -0.1) is 0 Å². The van der Waals surface area contributed by atoms with Crippen LogP contribution in [0.3, 0.4) is 0 Å². The number of benzene rings is 1. The molecule has 0 bridgehead atoms. The van der Waals surface area contributed by atoms with Crippen molar-refractivity contribution < 1.29 is 4.79 Å². The second-order valence-corrected chi connectivity index (χ2v) is 6.38. The standard InChI is InChI=1S/C17H27BrN2O/c1-2-3-4-5-6-7-8-9-12-20-17(21)15-13-14(18)10-11-16(15)19/h10-11,13H,2-9,12,19H2,1H3,(H,20,21). The molecule has 0 saturated heterocycles. The second kappa shape index (κ2) is 10.7. The van der Waals surface area contributed by atoms with Crippen molar-refractivity contribution in [1.29, 1.82) is 0 Å². The molecule has 21 heavy (non-hydrogen) atoms. The lowest BCUT2D eigenvalue weighted by atomic mass is 10.1. The van der Waals surface area contributed by atoms with Crippen LogP contribution >= 0.6 is 15.9 Å². The van der Waals surface area contributed by atoms with Gasteiger partial charge in [-0.2, -0.15) is 0 Å². The van der Waals surface area contributed by atoms with E-state index < -0.39 is 0 Å².